The third-order valence-corrected chi connectivity index (χ3v) is 4.02. The van der Waals surface area contributed by atoms with Gasteiger partial charge >= 0.3 is 6.36 Å². The molecule has 0 saturated heterocycles. The average Bonchev–Trinajstić information content (AvgIpc) is 2.59. The van der Waals surface area contributed by atoms with E-state index in [1.54, 1.807) is 0 Å². The summed E-state index contributed by atoms with van der Waals surface area (Å²) in [4.78, 5) is 12.3. The number of carbonyl (C=O) groups excluding carboxylic acids is 1. The average molecular weight is 387 g/mol. The molecule has 0 aromatic heterocycles. The lowest BCUT2D eigenvalue weighted by Crippen LogP contribution is -2.47. The summed E-state index contributed by atoms with van der Waals surface area (Å²) in [6.07, 6.45) is -4.10. The zero-order chi connectivity index (χ0) is 17.9. The molecule has 0 saturated carbocycles. The summed E-state index contributed by atoms with van der Waals surface area (Å²) in [5.41, 5.74) is 3.03. The highest BCUT2D eigenvalue weighted by Gasteiger charge is 2.31. The molecule has 0 bridgehead atoms. The van der Waals surface area contributed by atoms with Crippen LogP contribution in [-0.2, 0) is 24.3 Å². The van der Waals surface area contributed by atoms with Gasteiger partial charge in [0.2, 0.25) is 5.91 Å². The predicted octanol–water partition coefficient (Wildman–Crippen LogP) is 3.34. The van der Waals surface area contributed by atoms with Gasteiger partial charge in [0.05, 0.1) is 6.04 Å². The maximum Gasteiger partial charge on any atom is 0.573 e. The molecule has 1 amide bonds. The third-order valence-electron chi connectivity index (χ3n) is 4.02. The Morgan fingerprint density at radius 1 is 1.12 bits per heavy atom. The van der Waals surface area contributed by atoms with E-state index in [9.17, 15) is 18.0 Å². The van der Waals surface area contributed by atoms with E-state index in [0.29, 0.717) is 18.5 Å². The number of alkyl halides is 3. The van der Waals surface area contributed by atoms with E-state index < -0.39 is 6.36 Å². The van der Waals surface area contributed by atoms with Gasteiger partial charge in [-0.1, -0.05) is 36.4 Å². The number of nitrogens with one attached hydrogen (secondary N) is 2. The number of carbonyl (C=O) groups is 1. The largest absolute Gasteiger partial charge is 0.573 e. The number of fused-ring (bicyclic) bond motifs is 1. The van der Waals surface area contributed by atoms with Crippen molar-refractivity contribution in [1.82, 2.24) is 10.6 Å². The van der Waals surface area contributed by atoms with Crippen LogP contribution in [0.1, 0.15) is 16.7 Å². The van der Waals surface area contributed by atoms with Gasteiger partial charge in [-0.15, -0.1) is 25.6 Å². The van der Waals surface area contributed by atoms with Crippen molar-refractivity contribution in [2.24, 2.45) is 0 Å². The van der Waals surface area contributed by atoms with Crippen molar-refractivity contribution in [3.63, 3.8) is 0 Å². The highest BCUT2D eigenvalue weighted by molar-refractivity contribution is 5.85. The number of halogens is 4. The lowest BCUT2D eigenvalue weighted by molar-refractivity contribution is -0.274. The summed E-state index contributed by atoms with van der Waals surface area (Å²) in [6.45, 7) is 0.878. The Kier molecular flexibility index (Phi) is 6.50. The molecule has 0 aliphatic carbocycles. The Morgan fingerprint density at radius 3 is 2.42 bits per heavy atom. The summed E-state index contributed by atoms with van der Waals surface area (Å²) >= 11 is 0. The van der Waals surface area contributed by atoms with E-state index in [0.717, 1.165) is 5.56 Å². The Morgan fingerprint density at radius 2 is 1.77 bits per heavy atom. The molecule has 2 aromatic carbocycles. The minimum absolute atomic E-state index is 0. The number of benzene rings is 2. The van der Waals surface area contributed by atoms with Gasteiger partial charge in [-0.25, -0.2) is 0 Å². The monoisotopic (exact) mass is 386 g/mol. The number of ether oxygens (including phenoxy) is 1. The quantitative estimate of drug-likeness (QED) is 0.847. The van der Waals surface area contributed by atoms with Crippen molar-refractivity contribution in [2.45, 2.75) is 31.9 Å². The van der Waals surface area contributed by atoms with Gasteiger partial charge in [-0.2, -0.15) is 0 Å². The molecule has 26 heavy (non-hydrogen) atoms. The Hall–Kier alpha value is -2.25. The first kappa shape index (κ1) is 20.1. The Bertz CT molecular complexity index is 751. The fourth-order valence-corrected chi connectivity index (χ4v) is 2.76. The first-order chi connectivity index (χ1) is 11.9. The second-order valence-corrected chi connectivity index (χ2v) is 5.82. The maximum absolute atomic E-state index is 12.3. The molecule has 4 nitrogen and oxygen atoms in total. The van der Waals surface area contributed by atoms with E-state index >= 15 is 0 Å². The first-order valence-electron chi connectivity index (χ1n) is 7.83. The van der Waals surface area contributed by atoms with Crippen molar-refractivity contribution in [1.29, 1.82) is 0 Å². The van der Waals surface area contributed by atoms with Crippen molar-refractivity contribution in [3.05, 3.63) is 65.2 Å². The summed E-state index contributed by atoms with van der Waals surface area (Å²) in [6, 6.07) is 13.1. The topological polar surface area (TPSA) is 50.4 Å². The van der Waals surface area contributed by atoms with Gasteiger partial charge in [0, 0.05) is 13.1 Å². The van der Waals surface area contributed by atoms with E-state index in [4.69, 9.17) is 0 Å². The van der Waals surface area contributed by atoms with Crippen LogP contribution in [0.3, 0.4) is 0 Å². The number of hydrogen-bond donors (Lipinski definition) is 2. The van der Waals surface area contributed by atoms with Crippen LogP contribution >= 0.6 is 12.4 Å². The standard InChI is InChI=1S/C18H17F3N2O2.ClH/c19-18(20,21)25-15-7-5-12(6-8-15)10-23-17(24)16-9-13-3-1-2-4-14(13)11-22-16;/h1-8,16,22H,9-11H2,(H,23,24);1H. The molecular weight excluding hydrogens is 369 g/mol. The zero-order valence-electron chi connectivity index (χ0n) is 13.7. The summed E-state index contributed by atoms with van der Waals surface area (Å²) < 4.78 is 40.2. The van der Waals surface area contributed by atoms with Crippen LogP contribution in [-0.4, -0.2) is 18.3 Å². The fraction of sp³-hybridized carbons (Fsp3) is 0.278. The van der Waals surface area contributed by atoms with Crippen molar-refractivity contribution >= 4 is 18.3 Å². The van der Waals surface area contributed by atoms with Gasteiger partial charge in [0.1, 0.15) is 5.75 Å². The SMILES string of the molecule is Cl.O=C(NCc1ccc(OC(F)(F)F)cc1)C1Cc2ccccc2CN1. The van der Waals surface area contributed by atoms with Crippen LogP contribution in [0.5, 0.6) is 5.75 Å². The minimum atomic E-state index is -4.71. The zero-order valence-corrected chi connectivity index (χ0v) is 14.5. The molecule has 8 heteroatoms. The molecule has 1 aliphatic heterocycles. The van der Waals surface area contributed by atoms with Gasteiger partial charge in [0.15, 0.2) is 0 Å². The maximum atomic E-state index is 12.3. The predicted molar refractivity (Wildman–Crippen MR) is 93.0 cm³/mol. The van der Waals surface area contributed by atoms with Gasteiger partial charge < -0.3 is 15.4 Å². The summed E-state index contributed by atoms with van der Waals surface area (Å²) in [7, 11) is 0. The van der Waals surface area contributed by atoms with E-state index in [1.807, 2.05) is 24.3 Å². The number of rotatable bonds is 4. The third kappa shape index (κ3) is 5.37. The summed E-state index contributed by atoms with van der Waals surface area (Å²) in [5.74, 6) is -0.418. The summed E-state index contributed by atoms with van der Waals surface area (Å²) in [5, 5.41) is 5.99. The highest BCUT2D eigenvalue weighted by atomic mass is 35.5. The van der Waals surface area contributed by atoms with E-state index in [2.05, 4.69) is 15.4 Å². The van der Waals surface area contributed by atoms with Crippen LogP contribution < -0.4 is 15.4 Å². The second kappa shape index (κ2) is 8.42. The molecular formula is C18H18ClF3N2O2. The number of hydrogen-bond acceptors (Lipinski definition) is 3. The molecule has 140 valence electrons. The molecule has 2 aromatic rings. The van der Waals surface area contributed by atoms with Crippen molar-refractivity contribution < 1.29 is 22.7 Å². The van der Waals surface area contributed by atoms with Crippen LogP contribution in [0.2, 0.25) is 0 Å². The molecule has 1 unspecified atom stereocenters. The molecule has 1 atom stereocenters. The van der Waals surface area contributed by atoms with Crippen LogP contribution in [0.25, 0.3) is 0 Å². The molecule has 2 N–H and O–H groups in total. The highest BCUT2D eigenvalue weighted by Crippen LogP contribution is 2.22. The van der Waals surface area contributed by atoms with Gasteiger partial charge in [-0.05, 0) is 35.2 Å². The lowest BCUT2D eigenvalue weighted by Gasteiger charge is -2.25. The normalized spacial score (nSPS) is 16.2. The molecule has 1 aliphatic rings. The van der Waals surface area contributed by atoms with Crippen LogP contribution in [0.4, 0.5) is 13.2 Å². The Labute approximate surface area is 155 Å². The smallest absolute Gasteiger partial charge is 0.406 e. The number of amides is 1. The van der Waals surface area contributed by atoms with Crippen LogP contribution in [0.15, 0.2) is 48.5 Å². The van der Waals surface area contributed by atoms with Crippen molar-refractivity contribution in [3.8, 4) is 5.75 Å². The van der Waals surface area contributed by atoms with Gasteiger partial charge in [-0.3, -0.25) is 4.79 Å². The molecule has 0 spiro atoms. The fourth-order valence-electron chi connectivity index (χ4n) is 2.76. The molecule has 3 rings (SSSR count). The van der Waals surface area contributed by atoms with E-state index in [1.165, 1.54) is 29.8 Å². The molecule has 0 radical (unpaired) electrons. The minimum Gasteiger partial charge on any atom is -0.406 e. The van der Waals surface area contributed by atoms with E-state index in [-0.39, 0.29) is 36.7 Å². The molecule has 1 heterocycles. The van der Waals surface area contributed by atoms with Gasteiger partial charge in [0.25, 0.3) is 0 Å². The van der Waals surface area contributed by atoms with Crippen LogP contribution in [0, 0.1) is 0 Å². The molecule has 0 fully saturated rings. The Balaban J connectivity index is 0.00000243. The second-order valence-electron chi connectivity index (χ2n) is 5.82. The first-order valence-corrected chi connectivity index (χ1v) is 7.83. The van der Waals surface area contributed by atoms with Crippen molar-refractivity contribution in [2.75, 3.05) is 0 Å². The lowest BCUT2D eigenvalue weighted by atomic mass is 9.95.